The van der Waals surface area contributed by atoms with Gasteiger partial charge in [-0.1, -0.05) is 29.8 Å². The topological polar surface area (TPSA) is 54.0 Å². The Morgan fingerprint density at radius 1 is 0.957 bits per heavy atom. The van der Waals surface area contributed by atoms with Crippen molar-refractivity contribution in [1.29, 1.82) is 0 Å². The summed E-state index contributed by atoms with van der Waals surface area (Å²) < 4.78 is 20.9. The SMILES string of the molecule is COc1cc(OC)c(C(=O)OCc2ccccc2Cl)cc1OC. The van der Waals surface area contributed by atoms with E-state index < -0.39 is 5.97 Å². The van der Waals surface area contributed by atoms with E-state index in [4.69, 9.17) is 30.5 Å². The summed E-state index contributed by atoms with van der Waals surface area (Å²) in [7, 11) is 4.46. The molecule has 0 fully saturated rings. The zero-order valence-corrected chi connectivity index (χ0v) is 13.8. The summed E-state index contributed by atoms with van der Waals surface area (Å²) in [4.78, 5) is 12.3. The summed E-state index contributed by atoms with van der Waals surface area (Å²) in [6, 6.07) is 10.3. The van der Waals surface area contributed by atoms with Crippen molar-refractivity contribution in [2.45, 2.75) is 6.61 Å². The van der Waals surface area contributed by atoms with E-state index in [9.17, 15) is 4.79 Å². The van der Waals surface area contributed by atoms with Crippen LogP contribution in [0.3, 0.4) is 0 Å². The summed E-state index contributed by atoms with van der Waals surface area (Å²) >= 11 is 6.05. The number of esters is 1. The predicted molar refractivity (Wildman–Crippen MR) is 86.7 cm³/mol. The van der Waals surface area contributed by atoms with Crippen LogP contribution in [0.2, 0.25) is 5.02 Å². The average molecular weight is 337 g/mol. The summed E-state index contributed by atoms with van der Waals surface area (Å²) in [6.07, 6.45) is 0. The molecule has 0 spiro atoms. The van der Waals surface area contributed by atoms with E-state index in [1.54, 1.807) is 18.2 Å². The smallest absolute Gasteiger partial charge is 0.342 e. The van der Waals surface area contributed by atoms with Crippen molar-refractivity contribution < 1.29 is 23.7 Å². The second kappa shape index (κ2) is 7.74. The highest BCUT2D eigenvalue weighted by molar-refractivity contribution is 6.31. The Morgan fingerprint density at radius 3 is 2.17 bits per heavy atom. The quantitative estimate of drug-likeness (QED) is 0.752. The van der Waals surface area contributed by atoms with Gasteiger partial charge in [-0.2, -0.15) is 0 Å². The van der Waals surface area contributed by atoms with Crippen molar-refractivity contribution in [3.05, 3.63) is 52.5 Å². The number of hydrogen-bond acceptors (Lipinski definition) is 5. The van der Waals surface area contributed by atoms with Crippen LogP contribution in [0.15, 0.2) is 36.4 Å². The first-order chi connectivity index (χ1) is 11.1. The van der Waals surface area contributed by atoms with E-state index in [-0.39, 0.29) is 12.2 Å². The molecular formula is C17H17ClO5. The molecule has 0 unspecified atom stereocenters. The minimum Gasteiger partial charge on any atom is -0.496 e. The van der Waals surface area contributed by atoms with Gasteiger partial charge in [-0.3, -0.25) is 0 Å². The lowest BCUT2D eigenvalue weighted by molar-refractivity contribution is 0.0468. The molecule has 0 aliphatic carbocycles. The van der Waals surface area contributed by atoms with E-state index in [2.05, 4.69) is 0 Å². The maximum atomic E-state index is 12.3. The highest BCUT2D eigenvalue weighted by atomic mass is 35.5. The standard InChI is InChI=1S/C17H17ClO5/c1-20-14-9-16(22-3)15(21-2)8-12(14)17(19)23-10-11-6-4-5-7-13(11)18/h4-9H,10H2,1-3H3. The minimum absolute atomic E-state index is 0.0655. The molecule has 0 saturated carbocycles. The van der Waals surface area contributed by atoms with Crippen molar-refractivity contribution in [3.63, 3.8) is 0 Å². The molecule has 0 aliphatic rings. The van der Waals surface area contributed by atoms with Crippen LogP contribution in [-0.2, 0) is 11.3 Å². The highest BCUT2D eigenvalue weighted by Gasteiger charge is 2.19. The van der Waals surface area contributed by atoms with Gasteiger partial charge >= 0.3 is 5.97 Å². The van der Waals surface area contributed by atoms with Gasteiger partial charge in [-0.15, -0.1) is 0 Å². The normalized spacial score (nSPS) is 10.1. The molecule has 0 bridgehead atoms. The second-order valence-electron chi connectivity index (χ2n) is 4.58. The van der Waals surface area contributed by atoms with Gasteiger partial charge in [0.05, 0.1) is 21.3 Å². The molecule has 2 aromatic carbocycles. The number of hydrogen-bond donors (Lipinski definition) is 0. The van der Waals surface area contributed by atoms with Crippen molar-refractivity contribution >= 4 is 17.6 Å². The van der Waals surface area contributed by atoms with Gasteiger partial charge in [0.2, 0.25) is 0 Å². The Kier molecular flexibility index (Phi) is 5.71. The molecule has 122 valence electrons. The number of carbonyl (C=O) groups is 1. The number of carbonyl (C=O) groups excluding carboxylic acids is 1. The van der Waals surface area contributed by atoms with E-state index in [0.717, 1.165) is 5.56 Å². The number of rotatable bonds is 6. The second-order valence-corrected chi connectivity index (χ2v) is 4.98. The number of ether oxygens (including phenoxy) is 4. The van der Waals surface area contributed by atoms with Crippen LogP contribution in [-0.4, -0.2) is 27.3 Å². The maximum absolute atomic E-state index is 12.3. The lowest BCUT2D eigenvalue weighted by Gasteiger charge is -2.13. The molecule has 0 amide bonds. The molecule has 23 heavy (non-hydrogen) atoms. The van der Waals surface area contributed by atoms with Gasteiger partial charge in [0.1, 0.15) is 17.9 Å². The Hall–Kier alpha value is -2.40. The number of benzene rings is 2. The monoisotopic (exact) mass is 336 g/mol. The number of methoxy groups -OCH3 is 3. The van der Waals surface area contributed by atoms with Crippen LogP contribution < -0.4 is 14.2 Å². The van der Waals surface area contributed by atoms with Gasteiger partial charge < -0.3 is 18.9 Å². The molecule has 2 aromatic rings. The third-order valence-electron chi connectivity index (χ3n) is 3.24. The van der Waals surface area contributed by atoms with Crippen LogP contribution >= 0.6 is 11.6 Å². The fraction of sp³-hybridized carbons (Fsp3) is 0.235. The van der Waals surface area contributed by atoms with Crippen molar-refractivity contribution in [2.75, 3.05) is 21.3 Å². The molecule has 2 rings (SSSR count). The van der Waals surface area contributed by atoms with Crippen molar-refractivity contribution in [2.24, 2.45) is 0 Å². The third-order valence-corrected chi connectivity index (χ3v) is 3.61. The highest BCUT2D eigenvalue weighted by Crippen LogP contribution is 2.35. The van der Waals surface area contributed by atoms with Crippen LogP contribution in [0.1, 0.15) is 15.9 Å². The van der Waals surface area contributed by atoms with E-state index in [1.165, 1.54) is 27.4 Å². The summed E-state index contributed by atoms with van der Waals surface area (Å²) in [5, 5.41) is 0.541. The summed E-state index contributed by atoms with van der Waals surface area (Å²) in [6.45, 7) is 0.0655. The van der Waals surface area contributed by atoms with Gasteiger partial charge in [-0.25, -0.2) is 4.79 Å². The van der Waals surface area contributed by atoms with Crippen molar-refractivity contribution in [1.82, 2.24) is 0 Å². The first-order valence-corrected chi connectivity index (χ1v) is 7.19. The van der Waals surface area contributed by atoms with Crippen LogP contribution in [0, 0.1) is 0 Å². The Morgan fingerprint density at radius 2 is 1.57 bits per heavy atom. The average Bonchev–Trinajstić information content (AvgIpc) is 2.59. The van der Waals surface area contributed by atoms with E-state index >= 15 is 0 Å². The first-order valence-electron chi connectivity index (χ1n) is 6.81. The molecule has 0 heterocycles. The summed E-state index contributed by atoms with van der Waals surface area (Å²) in [5.74, 6) is 0.680. The van der Waals surface area contributed by atoms with E-state index in [0.29, 0.717) is 22.3 Å². The van der Waals surface area contributed by atoms with Crippen LogP contribution in [0.25, 0.3) is 0 Å². The zero-order chi connectivity index (χ0) is 16.8. The Balaban J connectivity index is 2.23. The zero-order valence-electron chi connectivity index (χ0n) is 13.1. The molecule has 0 N–H and O–H groups in total. The fourth-order valence-corrected chi connectivity index (χ4v) is 2.22. The van der Waals surface area contributed by atoms with Crippen LogP contribution in [0.5, 0.6) is 17.2 Å². The Bertz CT molecular complexity index is 699. The molecule has 0 radical (unpaired) electrons. The molecule has 0 atom stereocenters. The maximum Gasteiger partial charge on any atom is 0.342 e. The van der Waals surface area contributed by atoms with Gasteiger partial charge in [0, 0.05) is 22.7 Å². The molecule has 0 aromatic heterocycles. The minimum atomic E-state index is -0.539. The molecule has 6 heteroatoms. The number of halogens is 1. The first kappa shape index (κ1) is 17.0. The largest absolute Gasteiger partial charge is 0.496 e. The van der Waals surface area contributed by atoms with E-state index in [1.807, 2.05) is 12.1 Å². The molecule has 0 aliphatic heterocycles. The van der Waals surface area contributed by atoms with Crippen LogP contribution in [0.4, 0.5) is 0 Å². The predicted octanol–water partition coefficient (Wildman–Crippen LogP) is 3.72. The molecular weight excluding hydrogens is 320 g/mol. The molecule has 0 saturated heterocycles. The van der Waals surface area contributed by atoms with Gasteiger partial charge in [-0.05, 0) is 6.07 Å². The summed E-state index contributed by atoms with van der Waals surface area (Å²) in [5.41, 5.74) is 0.971. The molecule has 5 nitrogen and oxygen atoms in total. The van der Waals surface area contributed by atoms with Gasteiger partial charge in [0.15, 0.2) is 11.5 Å². The van der Waals surface area contributed by atoms with Crippen molar-refractivity contribution in [3.8, 4) is 17.2 Å². The van der Waals surface area contributed by atoms with Gasteiger partial charge in [0.25, 0.3) is 0 Å². The third kappa shape index (κ3) is 3.87. The fourth-order valence-electron chi connectivity index (χ4n) is 2.03. The lowest BCUT2D eigenvalue weighted by Crippen LogP contribution is -2.08. The Labute approximate surface area is 139 Å². The lowest BCUT2D eigenvalue weighted by atomic mass is 10.1.